The predicted molar refractivity (Wildman–Crippen MR) is 87.1 cm³/mol. The maximum Gasteiger partial charge on any atom is 0.0610 e. The first-order chi connectivity index (χ1) is 9.50. The molecule has 1 aliphatic rings. The van der Waals surface area contributed by atoms with Gasteiger partial charge in [0.2, 0.25) is 0 Å². The Morgan fingerprint density at radius 1 is 1.30 bits per heavy atom. The molecule has 1 rings (SSSR count). The zero-order valence-electron chi connectivity index (χ0n) is 14.1. The van der Waals surface area contributed by atoms with Gasteiger partial charge in [0.05, 0.1) is 6.61 Å². The molecule has 0 aromatic heterocycles. The van der Waals surface area contributed by atoms with Crippen molar-refractivity contribution in [2.75, 3.05) is 19.7 Å². The van der Waals surface area contributed by atoms with Gasteiger partial charge in [-0.05, 0) is 52.1 Å². The van der Waals surface area contributed by atoms with Gasteiger partial charge in [-0.25, -0.2) is 0 Å². The van der Waals surface area contributed by atoms with Crippen molar-refractivity contribution >= 4 is 0 Å². The topological polar surface area (TPSA) is 35.5 Å². The summed E-state index contributed by atoms with van der Waals surface area (Å²) in [5, 5.41) is 13.1. The first-order valence-corrected chi connectivity index (χ1v) is 8.63. The third-order valence-electron chi connectivity index (χ3n) is 4.63. The molecule has 0 aromatic carbocycles. The number of unbranched alkanes of at least 4 members (excludes halogenated alkanes) is 1. The maximum atomic E-state index is 9.59. The van der Waals surface area contributed by atoms with Crippen LogP contribution in [0.2, 0.25) is 0 Å². The van der Waals surface area contributed by atoms with E-state index in [0.717, 1.165) is 12.5 Å². The first kappa shape index (κ1) is 17.9. The van der Waals surface area contributed by atoms with Gasteiger partial charge in [-0.1, -0.05) is 33.6 Å². The summed E-state index contributed by atoms with van der Waals surface area (Å²) >= 11 is 0. The van der Waals surface area contributed by atoms with Crippen molar-refractivity contribution < 1.29 is 5.11 Å². The van der Waals surface area contributed by atoms with Crippen LogP contribution in [0.3, 0.4) is 0 Å². The summed E-state index contributed by atoms with van der Waals surface area (Å²) in [5.41, 5.74) is -0.111. The quantitative estimate of drug-likeness (QED) is 0.638. The average molecular weight is 284 g/mol. The Bertz CT molecular complexity index is 257. The van der Waals surface area contributed by atoms with Gasteiger partial charge in [-0.2, -0.15) is 0 Å². The molecule has 1 aliphatic heterocycles. The Hall–Kier alpha value is -0.120. The number of nitrogens with zero attached hydrogens (tertiary/aromatic N) is 1. The number of hydrogen-bond acceptors (Lipinski definition) is 3. The van der Waals surface area contributed by atoms with Crippen LogP contribution in [0.5, 0.6) is 0 Å². The van der Waals surface area contributed by atoms with Crippen molar-refractivity contribution in [1.29, 1.82) is 0 Å². The van der Waals surface area contributed by atoms with Gasteiger partial charge < -0.3 is 15.3 Å². The molecule has 1 saturated heterocycles. The van der Waals surface area contributed by atoms with Gasteiger partial charge in [0.1, 0.15) is 0 Å². The molecule has 2 N–H and O–H groups in total. The summed E-state index contributed by atoms with van der Waals surface area (Å²) in [7, 11) is 0. The number of piperidine rings is 1. The summed E-state index contributed by atoms with van der Waals surface area (Å²) in [6.45, 7) is 11.5. The molecule has 0 bridgehead atoms. The summed E-state index contributed by atoms with van der Waals surface area (Å²) in [6, 6.07) is 1.25. The van der Waals surface area contributed by atoms with Crippen LogP contribution in [0.1, 0.15) is 72.6 Å². The standard InChI is InChI=1S/C17H36N2O/c1-5-16-10-6-8-12-19(16)13-9-7-11-17(4,14-20)18-15(2)3/h15-16,18,20H,5-14H2,1-4H3. The fraction of sp³-hybridized carbons (Fsp3) is 1.00. The lowest BCUT2D eigenvalue weighted by atomic mass is 9.94. The van der Waals surface area contributed by atoms with Crippen LogP contribution in [-0.2, 0) is 0 Å². The highest BCUT2D eigenvalue weighted by molar-refractivity contribution is 4.84. The number of aliphatic hydroxyl groups is 1. The lowest BCUT2D eigenvalue weighted by Crippen LogP contribution is -2.49. The molecule has 0 amide bonds. The van der Waals surface area contributed by atoms with Gasteiger partial charge in [0, 0.05) is 17.6 Å². The number of aliphatic hydroxyl groups excluding tert-OH is 1. The normalized spacial score (nSPS) is 24.0. The molecule has 120 valence electrons. The molecular formula is C17H36N2O. The smallest absolute Gasteiger partial charge is 0.0610 e. The van der Waals surface area contributed by atoms with Crippen molar-refractivity contribution in [3.8, 4) is 0 Å². The summed E-state index contributed by atoms with van der Waals surface area (Å²) in [4.78, 5) is 2.69. The van der Waals surface area contributed by atoms with Crippen LogP contribution in [0.15, 0.2) is 0 Å². The van der Waals surface area contributed by atoms with Crippen LogP contribution in [0.25, 0.3) is 0 Å². The third-order valence-corrected chi connectivity index (χ3v) is 4.63. The largest absolute Gasteiger partial charge is 0.394 e. The molecule has 1 fully saturated rings. The Labute approximate surface area is 126 Å². The minimum absolute atomic E-state index is 0.111. The van der Waals surface area contributed by atoms with E-state index in [2.05, 4.69) is 37.9 Å². The minimum atomic E-state index is -0.111. The van der Waals surface area contributed by atoms with E-state index in [1.54, 1.807) is 0 Å². The van der Waals surface area contributed by atoms with Crippen molar-refractivity contribution in [2.45, 2.75) is 90.3 Å². The molecule has 0 aromatic rings. The third kappa shape index (κ3) is 6.11. The van der Waals surface area contributed by atoms with E-state index < -0.39 is 0 Å². The fourth-order valence-corrected chi connectivity index (χ4v) is 3.54. The second-order valence-corrected chi connectivity index (χ2v) is 7.07. The second kappa shape index (κ2) is 9.01. The molecule has 20 heavy (non-hydrogen) atoms. The predicted octanol–water partition coefficient (Wildman–Crippen LogP) is 3.17. The van der Waals surface area contributed by atoms with Gasteiger partial charge in [-0.3, -0.25) is 0 Å². The van der Waals surface area contributed by atoms with Crippen molar-refractivity contribution in [3.05, 3.63) is 0 Å². The Balaban J connectivity index is 2.25. The highest BCUT2D eigenvalue weighted by atomic mass is 16.3. The number of nitrogens with one attached hydrogen (secondary N) is 1. The van der Waals surface area contributed by atoms with E-state index in [9.17, 15) is 5.11 Å². The van der Waals surface area contributed by atoms with Crippen LogP contribution < -0.4 is 5.32 Å². The van der Waals surface area contributed by atoms with Gasteiger partial charge in [0.25, 0.3) is 0 Å². The van der Waals surface area contributed by atoms with E-state index in [-0.39, 0.29) is 12.1 Å². The van der Waals surface area contributed by atoms with E-state index in [1.165, 1.54) is 51.6 Å². The van der Waals surface area contributed by atoms with Crippen LogP contribution in [0, 0.1) is 0 Å². The lowest BCUT2D eigenvalue weighted by Gasteiger charge is -2.36. The molecule has 0 aliphatic carbocycles. The van der Waals surface area contributed by atoms with Gasteiger partial charge in [-0.15, -0.1) is 0 Å². The van der Waals surface area contributed by atoms with E-state index >= 15 is 0 Å². The monoisotopic (exact) mass is 284 g/mol. The molecule has 0 radical (unpaired) electrons. The van der Waals surface area contributed by atoms with Crippen LogP contribution >= 0.6 is 0 Å². The van der Waals surface area contributed by atoms with E-state index in [4.69, 9.17) is 0 Å². The van der Waals surface area contributed by atoms with Crippen LogP contribution in [0.4, 0.5) is 0 Å². The number of rotatable bonds is 9. The highest BCUT2D eigenvalue weighted by Crippen LogP contribution is 2.21. The molecular weight excluding hydrogens is 248 g/mol. The minimum Gasteiger partial charge on any atom is -0.394 e. The van der Waals surface area contributed by atoms with Gasteiger partial charge >= 0.3 is 0 Å². The fourth-order valence-electron chi connectivity index (χ4n) is 3.54. The molecule has 3 nitrogen and oxygen atoms in total. The maximum absolute atomic E-state index is 9.59. The van der Waals surface area contributed by atoms with E-state index in [0.29, 0.717) is 6.04 Å². The molecule has 2 atom stereocenters. The average Bonchev–Trinajstić information content (AvgIpc) is 2.43. The number of hydrogen-bond donors (Lipinski definition) is 2. The van der Waals surface area contributed by atoms with Crippen molar-refractivity contribution in [2.24, 2.45) is 0 Å². The molecule has 0 spiro atoms. The molecule has 2 unspecified atom stereocenters. The second-order valence-electron chi connectivity index (χ2n) is 7.07. The van der Waals surface area contributed by atoms with E-state index in [1.807, 2.05) is 0 Å². The first-order valence-electron chi connectivity index (χ1n) is 8.63. The van der Waals surface area contributed by atoms with Crippen molar-refractivity contribution in [1.82, 2.24) is 10.2 Å². The van der Waals surface area contributed by atoms with Gasteiger partial charge in [0.15, 0.2) is 0 Å². The molecule has 0 saturated carbocycles. The highest BCUT2D eigenvalue weighted by Gasteiger charge is 2.24. The summed E-state index contributed by atoms with van der Waals surface area (Å²) in [6.07, 6.45) is 8.99. The Morgan fingerprint density at radius 3 is 2.65 bits per heavy atom. The van der Waals surface area contributed by atoms with Crippen LogP contribution in [-0.4, -0.2) is 47.3 Å². The summed E-state index contributed by atoms with van der Waals surface area (Å²) < 4.78 is 0. The zero-order chi connectivity index (χ0) is 15.0. The summed E-state index contributed by atoms with van der Waals surface area (Å²) in [5.74, 6) is 0. The van der Waals surface area contributed by atoms with Crippen molar-refractivity contribution in [3.63, 3.8) is 0 Å². The molecule has 1 heterocycles. The lowest BCUT2D eigenvalue weighted by molar-refractivity contribution is 0.131. The SMILES string of the molecule is CCC1CCCCN1CCCCC(C)(CO)NC(C)C. The number of likely N-dealkylation sites (tertiary alicyclic amines) is 1. The Morgan fingerprint density at radius 2 is 2.05 bits per heavy atom. The zero-order valence-corrected chi connectivity index (χ0v) is 14.1. The molecule has 3 heteroatoms. The Kier molecular flexibility index (Phi) is 8.08.